The Morgan fingerprint density at radius 3 is 2.19 bits per heavy atom. The van der Waals surface area contributed by atoms with Crippen LogP contribution in [0.5, 0.6) is 0 Å². The summed E-state index contributed by atoms with van der Waals surface area (Å²) in [6.07, 6.45) is 1.99. The standard InChI is InChI=1S/C15H28N2O4/c1-13(2,3)21-12(18)17-8-4-15(19,5-9-17)14(16)6-10-20-11-7-14/h19H,4-11,16H2,1-3H3. The lowest BCUT2D eigenvalue weighted by Crippen LogP contribution is -2.66. The summed E-state index contributed by atoms with van der Waals surface area (Å²) in [6, 6.07) is 0. The number of amides is 1. The van der Waals surface area contributed by atoms with Crippen LogP contribution < -0.4 is 5.73 Å². The van der Waals surface area contributed by atoms with E-state index in [4.69, 9.17) is 15.2 Å². The fourth-order valence-corrected chi connectivity index (χ4v) is 3.08. The van der Waals surface area contributed by atoms with Crippen LogP contribution in [0.3, 0.4) is 0 Å². The number of nitrogens with two attached hydrogens (primary N) is 1. The highest BCUT2D eigenvalue weighted by Gasteiger charge is 2.50. The Morgan fingerprint density at radius 1 is 1.19 bits per heavy atom. The van der Waals surface area contributed by atoms with E-state index in [1.807, 2.05) is 20.8 Å². The normalized spacial score (nSPS) is 25.5. The lowest BCUT2D eigenvalue weighted by Gasteiger charge is -2.50. The number of likely N-dealkylation sites (tertiary alicyclic amines) is 1. The molecule has 0 aromatic heterocycles. The van der Waals surface area contributed by atoms with Gasteiger partial charge in [0, 0.05) is 31.8 Å². The number of ether oxygens (including phenoxy) is 2. The lowest BCUT2D eigenvalue weighted by atomic mass is 9.70. The first-order chi connectivity index (χ1) is 9.65. The van der Waals surface area contributed by atoms with Crippen molar-refractivity contribution in [1.29, 1.82) is 0 Å². The van der Waals surface area contributed by atoms with E-state index < -0.39 is 16.7 Å². The molecule has 0 spiro atoms. The summed E-state index contributed by atoms with van der Waals surface area (Å²) in [7, 11) is 0. The van der Waals surface area contributed by atoms with Gasteiger partial charge in [0.1, 0.15) is 5.60 Å². The van der Waals surface area contributed by atoms with Gasteiger partial charge >= 0.3 is 6.09 Å². The molecule has 122 valence electrons. The van der Waals surface area contributed by atoms with Gasteiger partial charge in [-0.3, -0.25) is 0 Å². The molecule has 2 aliphatic heterocycles. The summed E-state index contributed by atoms with van der Waals surface area (Å²) in [5.74, 6) is 0. The number of carbonyl (C=O) groups excluding carboxylic acids is 1. The zero-order chi connectivity index (χ0) is 15.7. The molecule has 0 radical (unpaired) electrons. The zero-order valence-corrected chi connectivity index (χ0v) is 13.4. The maximum atomic E-state index is 12.1. The second kappa shape index (κ2) is 5.74. The van der Waals surface area contributed by atoms with E-state index in [0.29, 0.717) is 52.0 Å². The summed E-state index contributed by atoms with van der Waals surface area (Å²) >= 11 is 0. The third-order valence-corrected chi connectivity index (χ3v) is 4.55. The molecule has 2 aliphatic rings. The van der Waals surface area contributed by atoms with Crippen LogP contribution in [-0.4, -0.2) is 59.1 Å². The van der Waals surface area contributed by atoms with Crippen LogP contribution in [-0.2, 0) is 9.47 Å². The average Bonchev–Trinajstić information content (AvgIpc) is 2.38. The fourth-order valence-electron chi connectivity index (χ4n) is 3.08. The molecule has 0 atom stereocenters. The molecule has 6 nitrogen and oxygen atoms in total. The lowest BCUT2D eigenvalue weighted by molar-refractivity contribution is -0.112. The third kappa shape index (κ3) is 3.67. The number of aliphatic hydroxyl groups is 1. The largest absolute Gasteiger partial charge is 0.444 e. The van der Waals surface area contributed by atoms with Crippen LogP contribution in [0.25, 0.3) is 0 Å². The Kier molecular flexibility index (Phi) is 4.52. The highest BCUT2D eigenvalue weighted by Crippen LogP contribution is 2.37. The first-order valence-corrected chi connectivity index (χ1v) is 7.72. The van der Waals surface area contributed by atoms with Crippen molar-refractivity contribution in [2.24, 2.45) is 5.73 Å². The van der Waals surface area contributed by atoms with Crippen molar-refractivity contribution < 1.29 is 19.4 Å². The van der Waals surface area contributed by atoms with E-state index in [9.17, 15) is 9.90 Å². The molecule has 0 aromatic rings. The number of hydrogen-bond donors (Lipinski definition) is 2. The van der Waals surface area contributed by atoms with Gasteiger partial charge in [-0.25, -0.2) is 4.79 Å². The van der Waals surface area contributed by atoms with Crippen LogP contribution in [0, 0.1) is 0 Å². The molecular formula is C15H28N2O4. The van der Waals surface area contributed by atoms with Crippen molar-refractivity contribution in [3.8, 4) is 0 Å². The van der Waals surface area contributed by atoms with Crippen molar-refractivity contribution >= 4 is 6.09 Å². The SMILES string of the molecule is CC(C)(C)OC(=O)N1CCC(O)(C2(N)CCOCC2)CC1. The zero-order valence-electron chi connectivity index (χ0n) is 13.4. The Morgan fingerprint density at radius 2 is 1.71 bits per heavy atom. The molecule has 2 fully saturated rings. The monoisotopic (exact) mass is 300 g/mol. The van der Waals surface area contributed by atoms with Crippen molar-refractivity contribution in [2.75, 3.05) is 26.3 Å². The van der Waals surface area contributed by atoms with E-state index in [1.54, 1.807) is 4.90 Å². The van der Waals surface area contributed by atoms with Crippen molar-refractivity contribution in [2.45, 2.75) is 63.2 Å². The minimum atomic E-state index is -0.921. The van der Waals surface area contributed by atoms with Gasteiger partial charge < -0.3 is 25.2 Å². The molecule has 2 rings (SSSR count). The molecule has 1 amide bonds. The summed E-state index contributed by atoms with van der Waals surface area (Å²) in [5.41, 5.74) is 4.40. The number of hydrogen-bond acceptors (Lipinski definition) is 5. The highest BCUT2D eigenvalue weighted by atomic mass is 16.6. The highest BCUT2D eigenvalue weighted by molar-refractivity contribution is 5.68. The van der Waals surface area contributed by atoms with Gasteiger partial charge in [-0.2, -0.15) is 0 Å². The van der Waals surface area contributed by atoms with E-state index >= 15 is 0 Å². The quantitative estimate of drug-likeness (QED) is 0.761. The summed E-state index contributed by atoms with van der Waals surface area (Å²) in [6.45, 7) is 7.69. The van der Waals surface area contributed by atoms with Crippen molar-refractivity contribution in [3.63, 3.8) is 0 Å². The van der Waals surface area contributed by atoms with Gasteiger partial charge in [0.2, 0.25) is 0 Å². The minimum absolute atomic E-state index is 0.317. The van der Waals surface area contributed by atoms with Crippen LogP contribution in [0.4, 0.5) is 4.79 Å². The van der Waals surface area contributed by atoms with Crippen LogP contribution in [0.2, 0.25) is 0 Å². The smallest absolute Gasteiger partial charge is 0.410 e. The number of rotatable bonds is 1. The van der Waals surface area contributed by atoms with Crippen LogP contribution in [0.15, 0.2) is 0 Å². The molecule has 2 heterocycles. The number of piperidine rings is 1. The molecular weight excluding hydrogens is 272 g/mol. The fraction of sp³-hybridized carbons (Fsp3) is 0.933. The molecule has 0 bridgehead atoms. The maximum Gasteiger partial charge on any atom is 0.410 e. The molecule has 0 aliphatic carbocycles. The summed E-state index contributed by atoms with van der Waals surface area (Å²) < 4.78 is 10.7. The number of nitrogens with zero attached hydrogens (tertiary/aromatic N) is 1. The Bertz CT molecular complexity index is 378. The molecule has 0 unspecified atom stereocenters. The Hall–Kier alpha value is -0.850. The van der Waals surface area contributed by atoms with Crippen LogP contribution >= 0.6 is 0 Å². The van der Waals surface area contributed by atoms with Gasteiger partial charge in [0.15, 0.2) is 0 Å². The van der Waals surface area contributed by atoms with Crippen molar-refractivity contribution in [1.82, 2.24) is 4.90 Å². The minimum Gasteiger partial charge on any atom is -0.444 e. The van der Waals surface area contributed by atoms with Gasteiger partial charge in [0.05, 0.1) is 5.60 Å². The van der Waals surface area contributed by atoms with Crippen molar-refractivity contribution in [3.05, 3.63) is 0 Å². The van der Waals surface area contributed by atoms with Crippen LogP contribution in [0.1, 0.15) is 46.5 Å². The van der Waals surface area contributed by atoms with E-state index in [-0.39, 0.29) is 6.09 Å². The third-order valence-electron chi connectivity index (χ3n) is 4.55. The molecule has 0 aromatic carbocycles. The molecule has 6 heteroatoms. The van der Waals surface area contributed by atoms with Gasteiger partial charge in [-0.1, -0.05) is 0 Å². The second-order valence-corrected chi connectivity index (χ2v) is 7.27. The van der Waals surface area contributed by atoms with Gasteiger partial charge in [0.25, 0.3) is 0 Å². The van der Waals surface area contributed by atoms with Gasteiger partial charge in [-0.05, 0) is 46.5 Å². The Balaban J connectivity index is 1.94. The molecule has 3 N–H and O–H groups in total. The van der Waals surface area contributed by atoms with E-state index in [2.05, 4.69) is 0 Å². The number of carbonyl (C=O) groups is 1. The molecule has 2 saturated heterocycles. The van der Waals surface area contributed by atoms with Gasteiger partial charge in [-0.15, -0.1) is 0 Å². The summed E-state index contributed by atoms with van der Waals surface area (Å²) in [4.78, 5) is 13.7. The average molecular weight is 300 g/mol. The predicted molar refractivity (Wildman–Crippen MR) is 79.0 cm³/mol. The first kappa shape index (κ1) is 16.5. The molecule has 0 saturated carbocycles. The summed E-state index contributed by atoms with van der Waals surface area (Å²) in [5, 5.41) is 10.9. The Labute approximate surface area is 126 Å². The van der Waals surface area contributed by atoms with E-state index in [1.165, 1.54) is 0 Å². The first-order valence-electron chi connectivity index (χ1n) is 7.72. The van der Waals surface area contributed by atoms with E-state index in [0.717, 1.165) is 0 Å². The molecule has 21 heavy (non-hydrogen) atoms. The topological polar surface area (TPSA) is 85.0 Å². The second-order valence-electron chi connectivity index (χ2n) is 7.27. The maximum absolute atomic E-state index is 12.1. The predicted octanol–water partition coefficient (Wildman–Crippen LogP) is 1.26.